The van der Waals surface area contributed by atoms with Gasteiger partial charge in [0.1, 0.15) is 6.04 Å². The van der Waals surface area contributed by atoms with E-state index in [-0.39, 0.29) is 24.2 Å². The Kier molecular flexibility index (Phi) is 6.86. The average molecular weight is 471 g/mol. The number of nitrogens with one attached hydrogen (secondary N) is 2. The number of amides is 2. The van der Waals surface area contributed by atoms with Gasteiger partial charge in [-0.3, -0.25) is 24.3 Å². The molecular weight excluding hydrogens is 440 g/mol. The van der Waals surface area contributed by atoms with E-state index in [4.69, 9.17) is 5.10 Å². The zero-order chi connectivity index (χ0) is 22.2. The van der Waals surface area contributed by atoms with Crippen LogP contribution < -0.4 is 10.6 Å². The van der Waals surface area contributed by atoms with Crippen LogP contribution in [0.4, 0.5) is 0 Å². The van der Waals surface area contributed by atoms with Crippen molar-refractivity contribution in [2.45, 2.75) is 58.0 Å². The van der Waals surface area contributed by atoms with Gasteiger partial charge < -0.3 is 5.32 Å². The summed E-state index contributed by atoms with van der Waals surface area (Å²) in [5, 5.41) is 16.3. The fourth-order valence-corrected chi connectivity index (χ4v) is 5.20. The minimum Gasteiger partial charge on any atom is -0.317 e. The number of aryl methyl sites for hydroxylation is 1. The maximum atomic E-state index is 12.4. The first-order chi connectivity index (χ1) is 15.5. The lowest BCUT2D eigenvalue weighted by Gasteiger charge is -2.25. The topological polar surface area (TPSA) is 93.8 Å². The standard InChI is InChI=1S/C24H30N6O2.ClH/c1-15(12-17-8-10-25-11-9-17)29-14-18(13-26-29)19-4-3-5-20-23(19)16(2)28-30(20)21-6-7-22(31)27-24(21)32;/h3-5,13-15,17,21,25H,6-12H2,1-2H3,(H,27,31,32);1H. The first-order valence-corrected chi connectivity index (χ1v) is 11.6. The summed E-state index contributed by atoms with van der Waals surface area (Å²) in [6.07, 6.45) is 8.46. The molecular formula is C24H31ClN6O2. The van der Waals surface area contributed by atoms with Crippen LogP contribution in [0.2, 0.25) is 0 Å². The molecule has 8 nitrogen and oxygen atoms in total. The highest BCUT2D eigenvalue weighted by molar-refractivity contribution is 6.01. The second-order valence-corrected chi connectivity index (χ2v) is 9.18. The number of benzene rings is 1. The van der Waals surface area contributed by atoms with Crippen molar-refractivity contribution in [3.63, 3.8) is 0 Å². The van der Waals surface area contributed by atoms with Crippen LogP contribution in [-0.2, 0) is 9.59 Å². The molecule has 2 fully saturated rings. The molecule has 0 bridgehead atoms. The van der Waals surface area contributed by atoms with E-state index in [1.54, 1.807) is 4.68 Å². The quantitative estimate of drug-likeness (QED) is 0.556. The van der Waals surface area contributed by atoms with Crippen molar-refractivity contribution in [2.75, 3.05) is 13.1 Å². The van der Waals surface area contributed by atoms with E-state index in [9.17, 15) is 9.59 Å². The maximum Gasteiger partial charge on any atom is 0.251 e. The minimum atomic E-state index is -0.466. The number of aromatic nitrogens is 4. The van der Waals surface area contributed by atoms with Gasteiger partial charge in [0.05, 0.1) is 17.4 Å². The van der Waals surface area contributed by atoms with Gasteiger partial charge in [0, 0.05) is 29.6 Å². The molecule has 0 spiro atoms. The van der Waals surface area contributed by atoms with Crippen LogP contribution in [0.25, 0.3) is 22.0 Å². The van der Waals surface area contributed by atoms with Gasteiger partial charge in [-0.1, -0.05) is 12.1 Å². The van der Waals surface area contributed by atoms with E-state index >= 15 is 0 Å². The predicted molar refractivity (Wildman–Crippen MR) is 129 cm³/mol. The molecule has 1 aromatic carbocycles. The fourth-order valence-electron chi connectivity index (χ4n) is 5.20. The highest BCUT2D eigenvalue weighted by Crippen LogP contribution is 2.34. The molecule has 0 saturated carbocycles. The lowest BCUT2D eigenvalue weighted by atomic mass is 9.91. The van der Waals surface area contributed by atoms with E-state index in [0.717, 1.165) is 53.2 Å². The van der Waals surface area contributed by atoms with Gasteiger partial charge in [0.15, 0.2) is 0 Å². The van der Waals surface area contributed by atoms with Crippen LogP contribution in [0.15, 0.2) is 30.6 Å². The van der Waals surface area contributed by atoms with E-state index < -0.39 is 6.04 Å². The van der Waals surface area contributed by atoms with E-state index in [2.05, 4.69) is 39.6 Å². The number of nitrogens with zero attached hydrogens (tertiary/aromatic N) is 4. The Morgan fingerprint density at radius 3 is 2.73 bits per heavy atom. The largest absolute Gasteiger partial charge is 0.317 e. The zero-order valence-electron chi connectivity index (χ0n) is 19.1. The van der Waals surface area contributed by atoms with E-state index in [0.29, 0.717) is 18.9 Å². The molecule has 33 heavy (non-hydrogen) atoms. The van der Waals surface area contributed by atoms with Gasteiger partial charge in [0.25, 0.3) is 5.91 Å². The van der Waals surface area contributed by atoms with Crippen molar-refractivity contribution < 1.29 is 9.59 Å². The smallest absolute Gasteiger partial charge is 0.251 e. The zero-order valence-corrected chi connectivity index (χ0v) is 19.9. The molecule has 0 aliphatic carbocycles. The third-order valence-corrected chi connectivity index (χ3v) is 6.91. The molecule has 9 heteroatoms. The first kappa shape index (κ1) is 23.4. The Morgan fingerprint density at radius 2 is 1.97 bits per heavy atom. The fraction of sp³-hybridized carbons (Fsp3) is 0.500. The van der Waals surface area contributed by atoms with Crippen molar-refractivity contribution >= 4 is 35.1 Å². The van der Waals surface area contributed by atoms with Crippen LogP contribution >= 0.6 is 12.4 Å². The molecule has 2 aromatic heterocycles. The summed E-state index contributed by atoms with van der Waals surface area (Å²) in [6.45, 7) is 6.43. The van der Waals surface area contributed by atoms with Crippen LogP contribution in [0.3, 0.4) is 0 Å². The number of hydrogen-bond donors (Lipinski definition) is 2. The molecule has 2 unspecified atom stereocenters. The van der Waals surface area contributed by atoms with Gasteiger partial charge in [-0.2, -0.15) is 10.2 Å². The molecule has 2 aliphatic rings. The molecule has 5 rings (SSSR count). The number of fused-ring (bicyclic) bond motifs is 1. The molecule has 4 heterocycles. The lowest BCUT2D eigenvalue weighted by Crippen LogP contribution is -2.42. The molecule has 2 N–H and O–H groups in total. The number of carbonyl (C=O) groups is 2. The Bertz CT molecular complexity index is 1160. The van der Waals surface area contributed by atoms with Crippen LogP contribution in [0.1, 0.15) is 56.8 Å². The lowest BCUT2D eigenvalue weighted by molar-refractivity contribution is -0.135. The number of piperidine rings is 2. The second kappa shape index (κ2) is 9.65. The van der Waals surface area contributed by atoms with Gasteiger partial charge in [0.2, 0.25) is 5.91 Å². The Morgan fingerprint density at radius 1 is 1.18 bits per heavy atom. The van der Waals surface area contributed by atoms with E-state index in [1.165, 1.54) is 12.8 Å². The summed E-state index contributed by atoms with van der Waals surface area (Å²) < 4.78 is 3.86. The average Bonchev–Trinajstić information content (AvgIpc) is 3.40. The SMILES string of the molecule is Cc1nn(C2CCC(=O)NC2=O)c2cccc(-c3cnn(C(C)CC4CCNCC4)c3)c12.Cl. The maximum absolute atomic E-state index is 12.4. The van der Waals surface area contributed by atoms with Crippen molar-refractivity contribution in [1.29, 1.82) is 0 Å². The van der Waals surface area contributed by atoms with E-state index in [1.807, 2.05) is 25.3 Å². The normalized spacial score (nSPS) is 20.5. The Balaban J connectivity index is 0.00000259. The summed E-state index contributed by atoms with van der Waals surface area (Å²) in [6, 6.07) is 5.96. The Labute approximate surface area is 199 Å². The van der Waals surface area contributed by atoms with Crippen molar-refractivity contribution in [1.82, 2.24) is 30.2 Å². The molecule has 2 aliphatic heterocycles. The molecule has 2 atom stereocenters. The van der Waals surface area contributed by atoms with Gasteiger partial charge >= 0.3 is 0 Å². The number of imide groups is 1. The highest BCUT2D eigenvalue weighted by atomic mass is 35.5. The Hall–Kier alpha value is -2.71. The summed E-state index contributed by atoms with van der Waals surface area (Å²) in [5.74, 6) is 0.248. The van der Waals surface area contributed by atoms with Crippen LogP contribution in [-0.4, -0.2) is 44.5 Å². The highest BCUT2D eigenvalue weighted by Gasteiger charge is 2.30. The van der Waals surface area contributed by atoms with Gasteiger partial charge in [-0.25, -0.2) is 0 Å². The summed E-state index contributed by atoms with van der Waals surface area (Å²) in [4.78, 5) is 24.0. The van der Waals surface area contributed by atoms with Crippen LogP contribution in [0, 0.1) is 12.8 Å². The number of hydrogen-bond acceptors (Lipinski definition) is 5. The molecule has 2 amide bonds. The molecule has 2 saturated heterocycles. The monoisotopic (exact) mass is 470 g/mol. The molecule has 0 radical (unpaired) electrons. The van der Waals surface area contributed by atoms with Crippen LogP contribution in [0.5, 0.6) is 0 Å². The van der Waals surface area contributed by atoms with Crippen molar-refractivity contribution in [3.8, 4) is 11.1 Å². The van der Waals surface area contributed by atoms with Crippen molar-refractivity contribution in [3.05, 3.63) is 36.3 Å². The number of halogens is 1. The summed E-state index contributed by atoms with van der Waals surface area (Å²) in [5.41, 5.74) is 3.90. The summed E-state index contributed by atoms with van der Waals surface area (Å²) in [7, 11) is 0. The molecule has 3 aromatic rings. The molecule has 176 valence electrons. The van der Waals surface area contributed by atoms with Gasteiger partial charge in [-0.15, -0.1) is 12.4 Å². The first-order valence-electron chi connectivity index (χ1n) is 11.6. The third kappa shape index (κ3) is 4.54. The number of carbonyl (C=O) groups excluding carboxylic acids is 2. The van der Waals surface area contributed by atoms with Gasteiger partial charge in [-0.05, 0) is 70.2 Å². The second-order valence-electron chi connectivity index (χ2n) is 9.18. The number of rotatable bonds is 5. The van der Waals surface area contributed by atoms with Crippen molar-refractivity contribution in [2.24, 2.45) is 5.92 Å². The minimum absolute atomic E-state index is 0. The third-order valence-electron chi connectivity index (χ3n) is 6.91. The predicted octanol–water partition coefficient (Wildman–Crippen LogP) is 3.56. The summed E-state index contributed by atoms with van der Waals surface area (Å²) >= 11 is 0.